The Balaban J connectivity index is 2.47. The van der Waals surface area contributed by atoms with E-state index >= 15 is 0 Å². The van der Waals surface area contributed by atoms with E-state index in [2.05, 4.69) is 15.3 Å². The van der Waals surface area contributed by atoms with Gasteiger partial charge in [0.2, 0.25) is 0 Å². The number of aromatic nitrogens is 3. The van der Waals surface area contributed by atoms with Crippen LogP contribution < -0.4 is 0 Å². The third kappa shape index (κ3) is 1.81. The summed E-state index contributed by atoms with van der Waals surface area (Å²) in [6.45, 7) is 3.81. The minimum Gasteiger partial charge on any atom is -0.193 e. The first kappa shape index (κ1) is 11.1. The molecule has 2 heterocycles. The van der Waals surface area contributed by atoms with Crippen molar-refractivity contribution in [3.63, 3.8) is 0 Å². The summed E-state index contributed by atoms with van der Waals surface area (Å²) >= 11 is 0. The van der Waals surface area contributed by atoms with Crippen LogP contribution in [0.2, 0.25) is 0 Å². The highest BCUT2D eigenvalue weighted by Gasteiger charge is 2.39. The number of hydrogen-bond donors (Lipinski definition) is 0. The summed E-state index contributed by atoms with van der Waals surface area (Å²) in [5.74, 6) is -0.631. The van der Waals surface area contributed by atoms with Gasteiger partial charge in [-0.2, -0.15) is 22.9 Å². The Bertz CT molecular complexity index is 430. The van der Waals surface area contributed by atoms with E-state index in [9.17, 15) is 13.2 Å². The first-order valence-corrected chi connectivity index (χ1v) is 4.99. The maximum absolute atomic E-state index is 12.5. The molecule has 0 radical (unpaired) electrons. The second-order valence-corrected chi connectivity index (χ2v) is 4.00. The Morgan fingerprint density at radius 2 is 1.88 bits per heavy atom. The van der Waals surface area contributed by atoms with Crippen molar-refractivity contribution in [2.24, 2.45) is 11.0 Å². The highest BCUT2D eigenvalue weighted by atomic mass is 19.4. The topological polar surface area (TPSA) is 43.1 Å². The molecule has 0 N–H and O–H groups in total. The van der Waals surface area contributed by atoms with E-state index in [-0.39, 0.29) is 11.7 Å². The molecule has 0 saturated carbocycles. The SMILES string of the molecule is CC(C)C1=Nn2c(nnc2C(F)(F)F)CC1. The van der Waals surface area contributed by atoms with Crippen LogP contribution in [-0.4, -0.2) is 20.6 Å². The van der Waals surface area contributed by atoms with Crippen LogP contribution in [0.25, 0.3) is 0 Å². The smallest absolute Gasteiger partial charge is 0.193 e. The summed E-state index contributed by atoms with van der Waals surface area (Å²) in [4.78, 5) is 0. The van der Waals surface area contributed by atoms with Gasteiger partial charge >= 0.3 is 6.18 Å². The second-order valence-electron chi connectivity index (χ2n) is 4.00. The average molecular weight is 232 g/mol. The third-order valence-electron chi connectivity index (χ3n) is 2.46. The molecule has 88 valence electrons. The fraction of sp³-hybridized carbons (Fsp3) is 0.667. The lowest BCUT2D eigenvalue weighted by molar-refractivity contribution is -0.147. The average Bonchev–Trinajstić information content (AvgIpc) is 2.58. The quantitative estimate of drug-likeness (QED) is 0.744. The molecule has 0 aliphatic carbocycles. The van der Waals surface area contributed by atoms with E-state index in [1.54, 1.807) is 0 Å². The van der Waals surface area contributed by atoms with Crippen LogP contribution in [0.3, 0.4) is 0 Å². The Morgan fingerprint density at radius 1 is 1.19 bits per heavy atom. The van der Waals surface area contributed by atoms with E-state index < -0.39 is 12.0 Å². The van der Waals surface area contributed by atoms with E-state index in [4.69, 9.17) is 0 Å². The van der Waals surface area contributed by atoms with E-state index in [0.29, 0.717) is 12.8 Å². The summed E-state index contributed by atoms with van der Waals surface area (Å²) in [7, 11) is 0. The number of aryl methyl sites for hydroxylation is 1. The molecule has 2 rings (SSSR count). The molecule has 1 aromatic heterocycles. The van der Waals surface area contributed by atoms with Crippen molar-refractivity contribution in [3.05, 3.63) is 11.6 Å². The van der Waals surface area contributed by atoms with Gasteiger partial charge in [-0.1, -0.05) is 13.8 Å². The van der Waals surface area contributed by atoms with Gasteiger partial charge in [-0.3, -0.25) is 0 Å². The molecule has 0 bridgehead atoms. The summed E-state index contributed by atoms with van der Waals surface area (Å²) in [5.41, 5.74) is 0.748. The summed E-state index contributed by atoms with van der Waals surface area (Å²) in [6.07, 6.45) is -3.40. The predicted molar refractivity (Wildman–Crippen MR) is 51.0 cm³/mol. The normalized spacial score (nSPS) is 16.2. The summed E-state index contributed by atoms with van der Waals surface area (Å²) in [5, 5.41) is 10.6. The van der Waals surface area contributed by atoms with Gasteiger partial charge in [0.15, 0.2) is 5.82 Å². The van der Waals surface area contributed by atoms with Gasteiger partial charge in [-0.05, 0) is 12.3 Å². The number of nitrogens with zero attached hydrogens (tertiary/aromatic N) is 4. The maximum atomic E-state index is 12.5. The molecule has 4 nitrogen and oxygen atoms in total. The van der Waals surface area contributed by atoms with Crippen molar-refractivity contribution < 1.29 is 13.2 Å². The van der Waals surface area contributed by atoms with Crippen LogP contribution in [0.1, 0.15) is 31.9 Å². The first-order chi connectivity index (χ1) is 7.39. The van der Waals surface area contributed by atoms with Gasteiger partial charge in [0, 0.05) is 12.1 Å². The Labute approximate surface area is 90.2 Å². The molecule has 7 heteroatoms. The lowest BCUT2D eigenvalue weighted by atomic mass is 10.0. The molecular weight excluding hydrogens is 221 g/mol. The summed E-state index contributed by atoms with van der Waals surface area (Å²) < 4.78 is 38.5. The molecule has 0 aromatic carbocycles. The standard InChI is InChI=1S/C9H11F3N4/c1-5(2)6-3-4-7-13-14-8(9(10,11)12)16(7)15-6/h5H,3-4H2,1-2H3. The molecule has 0 unspecified atom stereocenters. The van der Waals surface area contributed by atoms with Crippen LogP contribution in [0.4, 0.5) is 13.2 Å². The van der Waals surface area contributed by atoms with Gasteiger partial charge in [-0.15, -0.1) is 10.2 Å². The number of hydrogen-bond acceptors (Lipinski definition) is 3. The molecule has 1 aromatic rings. The Kier molecular flexibility index (Phi) is 2.47. The predicted octanol–water partition coefficient (Wildman–Crippen LogP) is 2.10. The van der Waals surface area contributed by atoms with Crippen molar-refractivity contribution in [2.75, 3.05) is 0 Å². The number of alkyl halides is 3. The minimum atomic E-state index is -4.51. The third-order valence-corrected chi connectivity index (χ3v) is 2.46. The van der Waals surface area contributed by atoms with Crippen LogP contribution in [-0.2, 0) is 12.6 Å². The zero-order valence-corrected chi connectivity index (χ0v) is 8.91. The van der Waals surface area contributed by atoms with E-state index in [0.717, 1.165) is 10.4 Å². The van der Waals surface area contributed by atoms with Crippen LogP contribution in [0.5, 0.6) is 0 Å². The Morgan fingerprint density at radius 3 is 2.44 bits per heavy atom. The largest absolute Gasteiger partial charge is 0.453 e. The lowest BCUT2D eigenvalue weighted by Crippen LogP contribution is -2.21. The lowest BCUT2D eigenvalue weighted by Gasteiger charge is -2.16. The molecule has 0 amide bonds. The van der Waals surface area contributed by atoms with Crippen molar-refractivity contribution >= 4 is 5.71 Å². The molecule has 0 fully saturated rings. The molecule has 1 aliphatic heterocycles. The minimum absolute atomic E-state index is 0.136. The van der Waals surface area contributed by atoms with Crippen molar-refractivity contribution in [1.29, 1.82) is 0 Å². The van der Waals surface area contributed by atoms with Crippen molar-refractivity contribution in [1.82, 2.24) is 14.9 Å². The first-order valence-electron chi connectivity index (χ1n) is 4.99. The number of halogens is 3. The maximum Gasteiger partial charge on any atom is 0.453 e. The monoisotopic (exact) mass is 232 g/mol. The molecule has 0 spiro atoms. The van der Waals surface area contributed by atoms with Crippen molar-refractivity contribution in [3.8, 4) is 0 Å². The molecular formula is C9H11F3N4. The van der Waals surface area contributed by atoms with Gasteiger partial charge < -0.3 is 0 Å². The van der Waals surface area contributed by atoms with Gasteiger partial charge in [0.25, 0.3) is 5.82 Å². The van der Waals surface area contributed by atoms with E-state index in [1.807, 2.05) is 13.8 Å². The highest BCUT2D eigenvalue weighted by molar-refractivity contribution is 5.86. The van der Waals surface area contributed by atoms with Gasteiger partial charge in [-0.25, -0.2) is 0 Å². The highest BCUT2D eigenvalue weighted by Crippen LogP contribution is 2.29. The fourth-order valence-corrected chi connectivity index (χ4v) is 1.57. The molecule has 16 heavy (non-hydrogen) atoms. The molecule has 0 saturated heterocycles. The fourth-order valence-electron chi connectivity index (χ4n) is 1.57. The van der Waals surface area contributed by atoms with Crippen LogP contribution in [0.15, 0.2) is 5.10 Å². The van der Waals surface area contributed by atoms with Crippen molar-refractivity contribution in [2.45, 2.75) is 32.9 Å². The van der Waals surface area contributed by atoms with Crippen LogP contribution in [0, 0.1) is 5.92 Å². The van der Waals surface area contributed by atoms with Crippen LogP contribution >= 0.6 is 0 Å². The Hall–Kier alpha value is -1.40. The number of rotatable bonds is 1. The summed E-state index contributed by atoms with van der Waals surface area (Å²) in [6, 6.07) is 0. The zero-order valence-electron chi connectivity index (χ0n) is 8.91. The second kappa shape index (κ2) is 3.57. The van der Waals surface area contributed by atoms with Gasteiger partial charge in [0.05, 0.1) is 0 Å². The molecule has 0 atom stereocenters. The molecule has 1 aliphatic rings. The zero-order chi connectivity index (χ0) is 11.9. The number of fused-ring (bicyclic) bond motifs is 1. The van der Waals surface area contributed by atoms with Gasteiger partial charge in [0.1, 0.15) is 0 Å². The van der Waals surface area contributed by atoms with E-state index in [1.165, 1.54) is 0 Å².